The molecule has 6 aromatic carbocycles. The lowest BCUT2D eigenvalue weighted by molar-refractivity contribution is 1.62. The molecule has 0 aliphatic rings. The fourth-order valence-corrected chi connectivity index (χ4v) is 4.22. The summed E-state index contributed by atoms with van der Waals surface area (Å²) in [6.07, 6.45) is 0. The molecule has 0 atom stereocenters. The first-order valence-electron chi connectivity index (χ1n) is 7.73. The zero-order chi connectivity index (χ0) is 14.3. The molecule has 0 spiro atoms. The number of hydrogen-bond acceptors (Lipinski definition) is 0. The van der Waals surface area contributed by atoms with Crippen LogP contribution in [0.5, 0.6) is 0 Å². The summed E-state index contributed by atoms with van der Waals surface area (Å²) in [7, 11) is 0. The number of rotatable bonds is 0. The van der Waals surface area contributed by atoms with Gasteiger partial charge in [0, 0.05) is 0 Å². The summed E-state index contributed by atoms with van der Waals surface area (Å²) in [5.41, 5.74) is 0. The summed E-state index contributed by atoms with van der Waals surface area (Å²) >= 11 is 0. The van der Waals surface area contributed by atoms with Gasteiger partial charge in [0.05, 0.1) is 0 Å². The van der Waals surface area contributed by atoms with Gasteiger partial charge < -0.3 is 0 Å². The van der Waals surface area contributed by atoms with Gasteiger partial charge >= 0.3 is 0 Å². The molecular weight excluding hydrogens is 264 g/mol. The highest BCUT2D eigenvalue weighted by Crippen LogP contribution is 2.40. The van der Waals surface area contributed by atoms with Crippen LogP contribution in [0.15, 0.2) is 72.8 Å². The quantitative estimate of drug-likeness (QED) is 0.324. The Labute approximate surface area is 126 Å². The van der Waals surface area contributed by atoms with Crippen molar-refractivity contribution < 1.29 is 0 Å². The van der Waals surface area contributed by atoms with Crippen LogP contribution in [0, 0.1) is 10.4 Å². The predicted octanol–water partition coefficient (Wildman–Crippen LogP) is 5.90. The van der Waals surface area contributed by atoms with Crippen LogP contribution in [-0.2, 0) is 0 Å². The standard InChI is InChI=1S/C22H12/c1-5-13-6-2-10-16-19(13)15(9-1)21(16)22-17-11-3-7-14-8-4-12-18(22)20(14)17/h1-12H. The first kappa shape index (κ1) is 10.8. The van der Waals surface area contributed by atoms with E-state index in [0.29, 0.717) is 0 Å². The Bertz CT molecular complexity index is 1160. The molecule has 6 aromatic rings. The Kier molecular flexibility index (Phi) is 1.71. The third-order valence-electron chi connectivity index (χ3n) is 5.14. The Morgan fingerprint density at radius 1 is 0.364 bits per heavy atom. The van der Waals surface area contributed by atoms with E-state index >= 15 is 0 Å². The lowest BCUT2D eigenvalue weighted by atomic mass is 9.86. The first-order valence-corrected chi connectivity index (χ1v) is 7.73. The van der Waals surface area contributed by atoms with Crippen molar-refractivity contribution in [1.29, 1.82) is 0 Å². The van der Waals surface area contributed by atoms with Crippen LogP contribution in [0.2, 0.25) is 0 Å². The summed E-state index contributed by atoms with van der Waals surface area (Å²) in [4.78, 5) is 0. The first-order chi connectivity index (χ1) is 10.9. The van der Waals surface area contributed by atoms with Gasteiger partial charge in [-0.1, -0.05) is 72.8 Å². The SMILES string of the molecule is c1cc2cccc3c(=c4c5cccc6cccc4c65)c(c1)c23. The topological polar surface area (TPSA) is 0 Å². The highest BCUT2D eigenvalue weighted by molar-refractivity contribution is 6.22. The lowest BCUT2D eigenvalue weighted by Crippen LogP contribution is -1.94. The third-order valence-corrected chi connectivity index (χ3v) is 5.14. The third kappa shape index (κ3) is 1.05. The monoisotopic (exact) mass is 276 g/mol. The molecule has 0 aliphatic carbocycles. The van der Waals surface area contributed by atoms with E-state index in [4.69, 9.17) is 0 Å². The fraction of sp³-hybridized carbons (Fsp3) is 0. The van der Waals surface area contributed by atoms with Gasteiger partial charge in [-0.05, 0) is 53.5 Å². The second kappa shape index (κ2) is 3.48. The lowest BCUT2D eigenvalue weighted by Gasteiger charge is -2.17. The molecule has 0 bridgehead atoms. The van der Waals surface area contributed by atoms with Crippen LogP contribution in [0.4, 0.5) is 0 Å². The average Bonchev–Trinajstić information content (AvgIpc) is 2.57. The fourth-order valence-electron chi connectivity index (χ4n) is 4.22. The zero-order valence-corrected chi connectivity index (χ0v) is 11.9. The molecule has 0 amide bonds. The largest absolute Gasteiger partial charge is 0.0610 e. The van der Waals surface area contributed by atoms with E-state index < -0.39 is 0 Å². The van der Waals surface area contributed by atoms with Gasteiger partial charge in [0.1, 0.15) is 0 Å². The van der Waals surface area contributed by atoms with Crippen molar-refractivity contribution in [2.24, 2.45) is 0 Å². The van der Waals surface area contributed by atoms with Gasteiger partial charge in [0.15, 0.2) is 0 Å². The van der Waals surface area contributed by atoms with Crippen molar-refractivity contribution >= 4 is 43.1 Å². The van der Waals surface area contributed by atoms with Gasteiger partial charge in [0.25, 0.3) is 0 Å². The maximum atomic E-state index is 2.26. The van der Waals surface area contributed by atoms with E-state index in [1.807, 2.05) is 0 Å². The minimum atomic E-state index is 1.35. The maximum Gasteiger partial charge on any atom is -0.00134 e. The van der Waals surface area contributed by atoms with E-state index in [9.17, 15) is 0 Å². The molecule has 6 rings (SSSR count). The van der Waals surface area contributed by atoms with E-state index in [0.717, 1.165) is 0 Å². The normalized spacial score (nSPS) is 12.5. The Hall–Kier alpha value is -2.86. The molecule has 0 fully saturated rings. The smallest absolute Gasteiger partial charge is 0.00134 e. The molecule has 0 aliphatic heterocycles. The molecule has 0 unspecified atom stereocenters. The van der Waals surface area contributed by atoms with Crippen LogP contribution in [0.25, 0.3) is 43.1 Å². The van der Waals surface area contributed by atoms with E-state index in [2.05, 4.69) is 72.8 Å². The molecule has 100 valence electrons. The van der Waals surface area contributed by atoms with Gasteiger partial charge in [-0.2, -0.15) is 0 Å². The van der Waals surface area contributed by atoms with Crippen molar-refractivity contribution in [1.82, 2.24) is 0 Å². The summed E-state index contributed by atoms with van der Waals surface area (Å²) in [6, 6.07) is 26.6. The van der Waals surface area contributed by atoms with E-state index in [1.165, 1.54) is 53.5 Å². The van der Waals surface area contributed by atoms with Gasteiger partial charge in [-0.15, -0.1) is 0 Å². The molecule has 0 saturated carbocycles. The second-order valence-electron chi connectivity index (χ2n) is 6.17. The molecule has 0 nitrogen and oxygen atoms in total. The van der Waals surface area contributed by atoms with Crippen LogP contribution in [-0.4, -0.2) is 0 Å². The molecule has 0 radical (unpaired) electrons. The Balaban J connectivity index is 2.00. The van der Waals surface area contributed by atoms with Crippen LogP contribution >= 0.6 is 0 Å². The summed E-state index contributed by atoms with van der Waals surface area (Å²) in [6.45, 7) is 0. The molecule has 0 N–H and O–H groups in total. The van der Waals surface area contributed by atoms with Crippen LogP contribution in [0.3, 0.4) is 0 Å². The summed E-state index contributed by atoms with van der Waals surface area (Å²) < 4.78 is 0. The predicted molar refractivity (Wildman–Crippen MR) is 94.1 cm³/mol. The van der Waals surface area contributed by atoms with Gasteiger partial charge in [0.2, 0.25) is 0 Å². The number of hydrogen-bond donors (Lipinski definition) is 0. The molecule has 0 heterocycles. The Morgan fingerprint density at radius 2 is 0.682 bits per heavy atom. The maximum absolute atomic E-state index is 2.26. The van der Waals surface area contributed by atoms with Crippen molar-refractivity contribution in [2.45, 2.75) is 0 Å². The van der Waals surface area contributed by atoms with Crippen molar-refractivity contribution in [3.8, 4) is 0 Å². The minimum Gasteiger partial charge on any atom is -0.0610 e. The van der Waals surface area contributed by atoms with E-state index in [1.54, 1.807) is 0 Å². The van der Waals surface area contributed by atoms with Crippen molar-refractivity contribution in [2.75, 3.05) is 0 Å². The average molecular weight is 276 g/mol. The molecule has 0 saturated heterocycles. The molecule has 22 heavy (non-hydrogen) atoms. The zero-order valence-electron chi connectivity index (χ0n) is 11.9. The molecular formula is C22H12. The second-order valence-corrected chi connectivity index (χ2v) is 6.17. The highest BCUT2D eigenvalue weighted by atomic mass is 14.2. The van der Waals surface area contributed by atoms with Crippen LogP contribution in [0.1, 0.15) is 0 Å². The van der Waals surface area contributed by atoms with Crippen molar-refractivity contribution in [3.63, 3.8) is 0 Å². The van der Waals surface area contributed by atoms with Crippen molar-refractivity contribution in [3.05, 3.63) is 83.2 Å². The van der Waals surface area contributed by atoms with E-state index in [-0.39, 0.29) is 0 Å². The molecule has 0 aromatic heterocycles. The summed E-state index contributed by atoms with van der Waals surface area (Å²) in [5.74, 6) is 0. The minimum absolute atomic E-state index is 1.35. The van der Waals surface area contributed by atoms with Crippen LogP contribution < -0.4 is 0 Å². The Morgan fingerprint density at radius 3 is 1.00 bits per heavy atom. The van der Waals surface area contributed by atoms with Gasteiger partial charge in [-0.25, -0.2) is 0 Å². The molecule has 0 heteroatoms. The highest BCUT2D eigenvalue weighted by Gasteiger charge is 2.16. The number of benzene rings is 4. The van der Waals surface area contributed by atoms with Gasteiger partial charge in [-0.3, -0.25) is 0 Å². The summed E-state index contributed by atoms with van der Waals surface area (Å²) in [5, 5.41) is 14.1.